The topological polar surface area (TPSA) is 67.4 Å². The third-order valence-electron chi connectivity index (χ3n) is 2.10. The van der Waals surface area contributed by atoms with E-state index in [1.54, 1.807) is 0 Å². The maximum absolute atomic E-state index is 12.4. The number of benzene rings is 1. The molecular formula is C11H11F3N2O3. The van der Waals surface area contributed by atoms with E-state index in [1.807, 2.05) is 5.48 Å². The van der Waals surface area contributed by atoms with E-state index in [9.17, 15) is 22.8 Å². The summed E-state index contributed by atoms with van der Waals surface area (Å²) in [7, 11) is 1.38. The highest BCUT2D eigenvalue weighted by Gasteiger charge is 2.30. The zero-order valence-corrected chi connectivity index (χ0v) is 9.88. The Morgan fingerprint density at radius 1 is 1.32 bits per heavy atom. The second-order valence-electron chi connectivity index (χ2n) is 3.47. The molecule has 2 N–H and O–H groups in total. The van der Waals surface area contributed by atoms with Crippen molar-refractivity contribution in [3.8, 4) is 0 Å². The van der Waals surface area contributed by atoms with Crippen LogP contribution in [0.25, 0.3) is 0 Å². The number of alkyl halides is 3. The van der Waals surface area contributed by atoms with Crippen molar-refractivity contribution in [3.05, 3.63) is 35.4 Å². The first kappa shape index (κ1) is 15.0. The maximum atomic E-state index is 12.4. The monoisotopic (exact) mass is 276 g/mol. The van der Waals surface area contributed by atoms with Crippen LogP contribution in [0.1, 0.15) is 15.9 Å². The lowest BCUT2D eigenvalue weighted by Gasteiger charge is -2.09. The Hall–Kier alpha value is -2.09. The highest BCUT2D eigenvalue weighted by Crippen LogP contribution is 2.29. The van der Waals surface area contributed by atoms with Gasteiger partial charge in [0.1, 0.15) is 0 Å². The molecule has 0 aliphatic rings. The van der Waals surface area contributed by atoms with E-state index in [4.69, 9.17) is 0 Å². The minimum atomic E-state index is -4.53. The van der Waals surface area contributed by atoms with Crippen molar-refractivity contribution >= 4 is 11.8 Å². The Balaban J connectivity index is 2.65. The zero-order chi connectivity index (χ0) is 14.5. The molecular weight excluding hydrogens is 265 g/mol. The highest BCUT2D eigenvalue weighted by atomic mass is 19.4. The normalized spacial score (nSPS) is 10.9. The number of hydrogen-bond acceptors (Lipinski definition) is 3. The van der Waals surface area contributed by atoms with Crippen LogP contribution in [-0.2, 0) is 15.8 Å². The molecule has 0 spiro atoms. The van der Waals surface area contributed by atoms with Crippen LogP contribution in [0.5, 0.6) is 0 Å². The minimum Gasteiger partial charge on any atom is -0.357 e. The average Bonchev–Trinajstić information content (AvgIpc) is 2.37. The van der Waals surface area contributed by atoms with Gasteiger partial charge in [-0.25, -0.2) is 5.48 Å². The molecule has 2 amide bonds. The molecule has 0 aromatic heterocycles. The van der Waals surface area contributed by atoms with Gasteiger partial charge in [0.05, 0.1) is 5.56 Å². The van der Waals surface area contributed by atoms with Gasteiger partial charge in [0.15, 0.2) is 6.61 Å². The van der Waals surface area contributed by atoms with Gasteiger partial charge in [0, 0.05) is 12.6 Å². The molecule has 1 rings (SSSR count). The minimum absolute atomic E-state index is 0.216. The molecule has 0 bridgehead atoms. The number of rotatable bonds is 4. The maximum Gasteiger partial charge on any atom is 0.416 e. The first-order valence-corrected chi connectivity index (χ1v) is 5.14. The van der Waals surface area contributed by atoms with Gasteiger partial charge in [-0.2, -0.15) is 13.2 Å². The molecule has 0 atom stereocenters. The average molecular weight is 276 g/mol. The lowest BCUT2D eigenvalue weighted by molar-refractivity contribution is -0.137. The van der Waals surface area contributed by atoms with Crippen LogP contribution >= 0.6 is 0 Å². The van der Waals surface area contributed by atoms with Crippen molar-refractivity contribution < 1.29 is 27.6 Å². The van der Waals surface area contributed by atoms with E-state index in [0.29, 0.717) is 6.07 Å². The number of likely N-dealkylation sites (N-methyl/N-ethyl adjacent to an activating group) is 1. The summed E-state index contributed by atoms with van der Waals surface area (Å²) >= 11 is 0. The van der Waals surface area contributed by atoms with Gasteiger partial charge in [-0.05, 0) is 18.2 Å². The number of amides is 2. The molecule has 0 aliphatic carbocycles. The molecule has 0 fully saturated rings. The van der Waals surface area contributed by atoms with Gasteiger partial charge in [0.2, 0.25) is 5.91 Å². The fraction of sp³-hybridized carbons (Fsp3) is 0.273. The van der Waals surface area contributed by atoms with E-state index in [-0.39, 0.29) is 5.56 Å². The lowest BCUT2D eigenvalue weighted by Crippen LogP contribution is -2.31. The summed E-state index contributed by atoms with van der Waals surface area (Å²) in [5.41, 5.74) is 0.721. The van der Waals surface area contributed by atoms with Gasteiger partial charge in [0.25, 0.3) is 5.91 Å². The van der Waals surface area contributed by atoms with E-state index in [1.165, 1.54) is 13.1 Å². The summed E-state index contributed by atoms with van der Waals surface area (Å²) in [5, 5.41) is 2.24. The molecule has 0 radical (unpaired) electrons. The predicted octanol–water partition coefficient (Wildman–Crippen LogP) is 1.11. The second-order valence-corrected chi connectivity index (χ2v) is 3.47. The Kier molecular flexibility index (Phi) is 4.87. The molecule has 19 heavy (non-hydrogen) atoms. The first-order valence-electron chi connectivity index (χ1n) is 5.14. The fourth-order valence-electron chi connectivity index (χ4n) is 1.14. The van der Waals surface area contributed by atoms with Crippen molar-refractivity contribution in [1.82, 2.24) is 10.8 Å². The Morgan fingerprint density at radius 3 is 2.58 bits per heavy atom. The summed E-state index contributed by atoms with van der Waals surface area (Å²) in [6.45, 7) is -0.429. The SMILES string of the molecule is CNC(=O)CONC(=O)c1cccc(C(F)(F)F)c1. The molecule has 8 heteroatoms. The van der Waals surface area contributed by atoms with Crippen LogP contribution < -0.4 is 10.8 Å². The van der Waals surface area contributed by atoms with E-state index < -0.39 is 30.2 Å². The predicted molar refractivity (Wildman–Crippen MR) is 58.9 cm³/mol. The van der Waals surface area contributed by atoms with Crippen LogP contribution in [0.2, 0.25) is 0 Å². The fourth-order valence-corrected chi connectivity index (χ4v) is 1.14. The molecule has 0 saturated carbocycles. The number of carbonyl (C=O) groups excluding carboxylic acids is 2. The Bertz CT molecular complexity index is 474. The van der Waals surface area contributed by atoms with Crippen LogP contribution in [0.4, 0.5) is 13.2 Å². The lowest BCUT2D eigenvalue weighted by atomic mass is 10.1. The van der Waals surface area contributed by atoms with Crippen LogP contribution in [0, 0.1) is 0 Å². The smallest absolute Gasteiger partial charge is 0.357 e. The number of hydroxylamine groups is 1. The Labute approximate surface area is 106 Å². The van der Waals surface area contributed by atoms with Gasteiger partial charge in [-0.3, -0.25) is 14.4 Å². The quantitative estimate of drug-likeness (QED) is 0.810. The molecule has 0 saturated heterocycles. The zero-order valence-electron chi connectivity index (χ0n) is 9.88. The molecule has 104 valence electrons. The van der Waals surface area contributed by atoms with Crippen LogP contribution in [-0.4, -0.2) is 25.5 Å². The van der Waals surface area contributed by atoms with E-state index >= 15 is 0 Å². The van der Waals surface area contributed by atoms with Crippen molar-refractivity contribution in [2.45, 2.75) is 6.18 Å². The standard InChI is InChI=1S/C11H11F3N2O3/c1-15-9(17)6-19-16-10(18)7-3-2-4-8(5-7)11(12,13)14/h2-5H,6H2,1H3,(H,15,17)(H,16,18). The summed E-state index contributed by atoms with van der Waals surface area (Å²) in [4.78, 5) is 26.8. The molecule has 1 aromatic carbocycles. The van der Waals surface area contributed by atoms with Crippen molar-refractivity contribution in [1.29, 1.82) is 0 Å². The van der Waals surface area contributed by atoms with Crippen LogP contribution in [0.15, 0.2) is 24.3 Å². The number of nitrogens with one attached hydrogen (secondary N) is 2. The van der Waals surface area contributed by atoms with Crippen LogP contribution in [0.3, 0.4) is 0 Å². The molecule has 0 heterocycles. The summed E-state index contributed by atoms with van der Waals surface area (Å²) in [5.74, 6) is -1.35. The van der Waals surface area contributed by atoms with Crippen molar-refractivity contribution in [2.24, 2.45) is 0 Å². The third-order valence-corrected chi connectivity index (χ3v) is 2.10. The Morgan fingerprint density at radius 2 is 2.00 bits per heavy atom. The largest absolute Gasteiger partial charge is 0.416 e. The first-order chi connectivity index (χ1) is 8.84. The van der Waals surface area contributed by atoms with E-state index in [2.05, 4.69) is 10.2 Å². The highest BCUT2D eigenvalue weighted by molar-refractivity contribution is 5.93. The summed E-state index contributed by atoms with van der Waals surface area (Å²) < 4.78 is 37.3. The van der Waals surface area contributed by atoms with Gasteiger partial charge in [-0.15, -0.1) is 0 Å². The van der Waals surface area contributed by atoms with Gasteiger partial charge >= 0.3 is 6.18 Å². The number of carbonyl (C=O) groups is 2. The van der Waals surface area contributed by atoms with Crippen molar-refractivity contribution in [3.63, 3.8) is 0 Å². The number of halogens is 3. The third kappa shape index (κ3) is 4.59. The molecule has 0 unspecified atom stereocenters. The summed E-state index contributed by atoms with van der Waals surface area (Å²) in [6, 6.07) is 3.85. The van der Waals surface area contributed by atoms with Gasteiger partial charge in [-0.1, -0.05) is 6.07 Å². The van der Waals surface area contributed by atoms with Gasteiger partial charge < -0.3 is 5.32 Å². The number of hydrogen-bond donors (Lipinski definition) is 2. The molecule has 5 nitrogen and oxygen atoms in total. The second kappa shape index (κ2) is 6.19. The molecule has 0 aliphatic heterocycles. The van der Waals surface area contributed by atoms with E-state index in [0.717, 1.165) is 12.1 Å². The molecule has 1 aromatic rings. The summed E-state index contributed by atoms with van der Waals surface area (Å²) in [6.07, 6.45) is -4.53. The van der Waals surface area contributed by atoms with Crippen molar-refractivity contribution in [2.75, 3.05) is 13.7 Å².